The van der Waals surface area contributed by atoms with Gasteiger partial charge in [0.05, 0.1) is 0 Å². The van der Waals surface area contributed by atoms with Crippen molar-refractivity contribution in [3.05, 3.63) is 140 Å². The van der Waals surface area contributed by atoms with Gasteiger partial charge in [-0.25, -0.2) is 0 Å². The summed E-state index contributed by atoms with van der Waals surface area (Å²) in [4.78, 5) is 0. The standard InChI is InChI=1S/C34H23O2P/c35-37(28-9-3-1-4-10-28,29-11-5-2-6-12-29)30-19-17-25-21-24(15-16-26(25)22-30)27-18-20-34-32(23-27)31-13-7-8-14-33(31)36-34/h1-23H. The summed E-state index contributed by atoms with van der Waals surface area (Å²) in [5.74, 6) is 0. The van der Waals surface area contributed by atoms with Gasteiger partial charge >= 0.3 is 0 Å². The predicted octanol–water partition coefficient (Wildman–Crippen LogP) is 8.05. The Labute approximate surface area is 215 Å². The molecule has 1 heterocycles. The van der Waals surface area contributed by atoms with Crippen molar-refractivity contribution in [1.82, 2.24) is 0 Å². The second kappa shape index (κ2) is 8.62. The Kier molecular flexibility index (Phi) is 5.09. The smallest absolute Gasteiger partial charge is 0.171 e. The van der Waals surface area contributed by atoms with E-state index in [-0.39, 0.29) is 0 Å². The Balaban J connectivity index is 1.34. The van der Waals surface area contributed by atoms with Crippen molar-refractivity contribution in [1.29, 1.82) is 0 Å². The third-order valence-corrected chi connectivity index (χ3v) is 10.2. The second-order valence-corrected chi connectivity index (χ2v) is 12.1. The van der Waals surface area contributed by atoms with Crippen LogP contribution in [0.2, 0.25) is 0 Å². The van der Waals surface area contributed by atoms with Crippen LogP contribution in [-0.4, -0.2) is 0 Å². The van der Waals surface area contributed by atoms with Crippen molar-refractivity contribution >= 4 is 55.8 Å². The molecule has 0 N–H and O–H groups in total. The van der Waals surface area contributed by atoms with Gasteiger partial charge in [-0.15, -0.1) is 0 Å². The van der Waals surface area contributed by atoms with Crippen molar-refractivity contribution in [2.75, 3.05) is 0 Å². The highest BCUT2D eigenvalue weighted by molar-refractivity contribution is 7.85. The van der Waals surface area contributed by atoms with Crippen LogP contribution in [0.4, 0.5) is 0 Å². The maximum atomic E-state index is 14.7. The zero-order valence-corrected chi connectivity index (χ0v) is 20.9. The fourth-order valence-electron chi connectivity index (χ4n) is 5.24. The first-order chi connectivity index (χ1) is 18.2. The van der Waals surface area contributed by atoms with E-state index in [1.165, 1.54) is 0 Å². The van der Waals surface area contributed by atoms with Crippen LogP contribution in [0.25, 0.3) is 43.8 Å². The largest absolute Gasteiger partial charge is 0.456 e. The van der Waals surface area contributed by atoms with E-state index < -0.39 is 7.14 Å². The van der Waals surface area contributed by atoms with Gasteiger partial charge in [0.15, 0.2) is 7.14 Å². The van der Waals surface area contributed by atoms with Crippen molar-refractivity contribution < 1.29 is 8.98 Å². The molecule has 0 bridgehead atoms. The molecule has 0 aliphatic rings. The number of benzene rings is 6. The van der Waals surface area contributed by atoms with Crippen molar-refractivity contribution in [2.24, 2.45) is 0 Å². The van der Waals surface area contributed by atoms with Crippen molar-refractivity contribution in [3.8, 4) is 11.1 Å². The predicted molar refractivity (Wildman–Crippen MR) is 156 cm³/mol. The molecule has 0 unspecified atom stereocenters. The van der Waals surface area contributed by atoms with E-state index in [1.54, 1.807) is 0 Å². The topological polar surface area (TPSA) is 30.2 Å². The summed E-state index contributed by atoms with van der Waals surface area (Å²) in [6.45, 7) is 0. The van der Waals surface area contributed by atoms with Crippen LogP contribution in [0, 0.1) is 0 Å². The Morgan fingerprint density at radius 3 is 1.76 bits per heavy atom. The number of hydrogen-bond acceptors (Lipinski definition) is 2. The van der Waals surface area contributed by atoms with Crippen molar-refractivity contribution in [2.45, 2.75) is 0 Å². The highest BCUT2D eigenvalue weighted by Gasteiger charge is 2.29. The molecule has 7 aromatic rings. The molecule has 6 aromatic carbocycles. The molecule has 0 amide bonds. The van der Waals surface area contributed by atoms with Crippen molar-refractivity contribution in [3.63, 3.8) is 0 Å². The summed E-state index contributed by atoms with van der Waals surface area (Å²) in [5.41, 5.74) is 4.08. The summed E-state index contributed by atoms with van der Waals surface area (Å²) in [5, 5.41) is 6.97. The molecule has 1 aromatic heterocycles. The van der Waals surface area contributed by atoms with Gasteiger partial charge in [0.25, 0.3) is 0 Å². The average Bonchev–Trinajstić information content (AvgIpc) is 3.35. The van der Waals surface area contributed by atoms with Crippen LogP contribution < -0.4 is 15.9 Å². The normalized spacial score (nSPS) is 11.9. The maximum Gasteiger partial charge on any atom is 0.171 e. The quantitative estimate of drug-likeness (QED) is 0.232. The fraction of sp³-hybridized carbons (Fsp3) is 0. The van der Waals surface area contributed by atoms with E-state index in [2.05, 4.69) is 48.5 Å². The van der Waals surface area contributed by atoms with E-state index >= 15 is 0 Å². The molecule has 0 spiro atoms. The molecule has 2 nitrogen and oxygen atoms in total. The van der Waals surface area contributed by atoms with Gasteiger partial charge in [-0.2, -0.15) is 0 Å². The minimum Gasteiger partial charge on any atom is -0.456 e. The van der Waals surface area contributed by atoms with Crippen LogP contribution >= 0.6 is 7.14 Å². The summed E-state index contributed by atoms with van der Waals surface area (Å²) in [6.07, 6.45) is 0. The number of para-hydroxylation sites is 1. The average molecular weight is 495 g/mol. The van der Waals surface area contributed by atoms with Gasteiger partial charge in [-0.3, -0.25) is 0 Å². The monoisotopic (exact) mass is 494 g/mol. The Hall–Kier alpha value is -4.39. The first-order valence-corrected chi connectivity index (χ1v) is 14.1. The molecule has 3 heteroatoms. The van der Waals surface area contributed by atoms with Gasteiger partial charge in [0, 0.05) is 26.7 Å². The Bertz CT molecular complexity index is 1910. The van der Waals surface area contributed by atoms with Crippen LogP contribution in [-0.2, 0) is 4.57 Å². The van der Waals surface area contributed by atoms with Gasteiger partial charge in [0.1, 0.15) is 11.2 Å². The van der Waals surface area contributed by atoms with Crippen LogP contribution in [0.5, 0.6) is 0 Å². The molecule has 0 aliphatic heterocycles. The molecule has 7 rings (SSSR count). The summed E-state index contributed by atoms with van der Waals surface area (Å²) >= 11 is 0. The highest BCUT2D eigenvalue weighted by atomic mass is 31.2. The van der Waals surface area contributed by atoms with E-state index in [4.69, 9.17) is 4.42 Å². The highest BCUT2D eigenvalue weighted by Crippen LogP contribution is 2.43. The number of furan rings is 1. The molecule has 0 saturated carbocycles. The first kappa shape index (κ1) is 21.9. The third kappa shape index (κ3) is 3.61. The van der Waals surface area contributed by atoms with E-state index in [0.29, 0.717) is 0 Å². The van der Waals surface area contributed by atoms with Crippen LogP contribution in [0.1, 0.15) is 0 Å². The molecule has 176 valence electrons. The lowest BCUT2D eigenvalue weighted by atomic mass is 9.99. The first-order valence-electron chi connectivity index (χ1n) is 12.4. The number of fused-ring (bicyclic) bond motifs is 4. The van der Waals surface area contributed by atoms with Crippen LogP contribution in [0.15, 0.2) is 144 Å². The molecular formula is C34H23O2P. The Morgan fingerprint density at radius 1 is 0.432 bits per heavy atom. The van der Waals surface area contributed by atoms with Gasteiger partial charge in [-0.1, -0.05) is 109 Å². The van der Waals surface area contributed by atoms with Gasteiger partial charge < -0.3 is 8.98 Å². The fourth-order valence-corrected chi connectivity index (χ4v) is 7.92. The molecule has 0 atom stereocenters. The summed E-state index contributed by atoms with van der Waals surface area (Å²) in [6, 6.07) is 46.8. The van der Waals surface area contributed by atoms with E-state index in [9.17, 15) is 4.57 Å². The van der Waals surface area contributed by atoms with E-state index in [1.807, 2.05) is 91.0 Å². The summed E-state index contributed by atoms with van der Waals surface area (Å²) < 4.78 is 20.8. The lowest BCUT2D eigenvalue weighted by Gasteiger charge is -2.20. The minimum atomic E-state index is -3.00. The van der Waals surface area contributed by atoms with Gasteiger partial charge in [0.2, 0.25) is 0 Å². The second-order valence-electron chi connectivity index (χ2n) is 9.34. The zero-order valence-electron chi connectivity index (χ0n) is 20.0. The summed E-state index contributed by atoms with van der Waals surface area (Å²) in [7, 11) is -3.00. The SMILES string of the molecule is O=P(c1ccccc1)(c1ccccc1)c1ccc2cc(-c3ccc4oc5ccccc5c4c3)ccc2c1. The lowest BCUT2D eigenvalue weighted by molar-refractivity contribution is 0.592. The molecule has 0 aliphatic carbocycles. The zero-order chi connectivity index (χ0) is 24.8. The third-order valence-electron chi connectivity index (χ3n) is 7.14. The Morgan fingerprint density at radius 2 is 1.00 bits per heavy atom. The van der Waals surface area contributed by atoms with Crippen LogP contribution in [0.3, 0.4) is 0 Å². The number of rotatable bonds is 4. The maximum absolute atomic E-state index is 14.7. The molecule has 0 radical (unpaired) electrons. The van der Waals surface area contributed by atoms with Gasteiger partial charge in [-0.05, 0) is 52.2 Å². The molecular weight excluding hydrogens is 471 g/mol. The lowest BCUT2D eigenvalue weighted by Crippen LogP contribution is -2.24. The number of hydrogen-bond donors (Lipinski definition) is 0. The molecule has 0 fully saturated rings. The minimum absolute atomic E-state index is 0.844. The van der Waals surface area contributed by atoms with E-state index in [0.717, 1.165) is 59.8 Å². The molecule has 0 saturated heterocycles. The molecule has 37 heavy (non-hydrogen) atoms.